The lowest BCUT2D eigenvalue weighted by atomic mass is 10.1. The van der Waals surface area contributed by atoms with Gasteiger partial charge in [-0.1, -0.05) is 12.1 Å². The summed E-state index contributed by atoms with van der Waals surface area (Å²) in [6.07, 6.45) is -4.69. The van der Waals surface area contributed by atoms with Crippen molar-refractivity contribution in [2.45, 2.75) is 26.1 Å². The van der Waals surface area contributed by atoms with E-state index >= 15 is 0 Å². The number of alkyl halides is 3. The van der Waals surface area contributed by atoms with Crippen molar-refractivity contribution in [3.05, 3.63) is 53.3 Å². The predicted octanol–water partition coefficient (Wildman–Crippen LogP) is 3.42. The van der Waals surface area contributed by atoms with Gasteiger partial charge in [0, 0.05) is 11.8 Å². The highest BCUT2D eigenvalue weighted by atomic mass is 19.4. The van der Waals surface area contributed by atoms with E-state index < -0.39 is 35.4 Å². The molecule has 1 atom stereocenters. The molecule has 2 N–H and O–H groups in total. The van der Waals surface area contributed by atoms with Crippen LogP contribution in [-0.2, 0) is 15.7 Å². The first-order valence-corrected chi connectivity index (χ1v) is 7.47. The van der Waals surface area contributed by atoms with Gasteiger partial charge in [0.1, 0.15) is 5.69 Å². The topological polar surface area (TPSA) is 88.3 Å². The van der Waals surface area contributed by atoms with E-state index in [1.54, 1.807) is 0 Å². The smallest absolute Gasteiger partial charge is 0.418 e. The number of para-hydroxylation sites is 1. The number of benzene rings is 1. The first-order chi connectivity index (χ1) is 12.1. The molecule has 26 heavy (non-hydrogen) atoms. The number of halogens is 3. The Kier molecular flexibility index (Phi) is 5.49. The molecular formula is C17H15F3N2O4. The van der Waals surface area contributed by atoms with Gasteiger partial charge in [-0.2, -0.15) is 13.2 Å². The second-order valence-electron chi connectivity index (χ2n) is 5.44. The highest BCUT2D eigenvalue weighted by Crippen LogP contribution is 2.34. The maximum Gasteiger partial charge on any atom is 0.418 e. The number of nitrogens with one attached hydrogen (secondary N) is 2. The molecule has 0 aliphatic carbocycles. The molecule has 0 aliphatic rings. The van der Waals surface area contributed by atoms with Gasteiger partial charge in [-0.25, -0.2) is 4.79 Å². The highest BCUT2D eigenvalue weighted by Gasteiger charge is 2.34. The molecule has 0 saturated carbocycles. The Morgan fingerprint density at radius 1 is 1.19 bits per heavy atom. The number of ketones is 1. The van der Waals surface area contributed by atoms with Crippen LogP contribution in [0.1, 0.15) is 40.3 Å². The van der Waals surface area contributed by atoms with Crippen LogP contribution in [0.2, 0.25) is 0 Å². The fourth-order valence-corrected chi connectivity index (χ4v) is 2.07. The fourth-order valence-electron chi connectivity index (χ4n) is 2.07. The van der Waals surface area contributed by atoms with Crippen LogP contribution in [0, 0.1) is 0 Å². The van der Waals surface area contributed by atoms with E-state index in [0.717, 1.165) is 12.1 Å². The number of rotatable bonds is 5. The number of Topliss-reactive ketones (excluding diaryl/α,β-unsaturated/α-hetero) is 1. The van der Waals surface area contributed by atoms with Gasteiger partial charge < -0.3 is 15.0 Å². The molecule has 0 saturated heterocycles. The number of ether oxygens (including phenoxy) is 1. The summed E-state index contributed by atoms with van der Waals surface area (Å²) >= 11 is 0. The van der Waals surface area contributed by atoms with Gasteiger partial charge in [-0.15, -0.1) is 0 Å². The van der Waals surface area contributed by atoms with Crippen LogP contribution in [0.3, 0.4) is 0 Å². The summed E-state index contributed by atoms with van der Waals surface area (Å²) in [6.45, 7) is 2.53. The molecule has 138 valence electrons. The molecule has 1 heterocycles. The lowest BCUT2D eigenvalue weighted by molar-refractivity contribution is -0.137. The van der Waals surface area contributed by atoms with Crippen LogP contribution in [-0.4, -0.2) is 28.7 Å². The molecule has 0 unspecified atom stereocenters. The van der Waals surface area contributed by atoms with E-state index in [-0.39, 0.29) is 17.0 Å². The Labute approximate surface area is 146 Å². The van der Waals surface area contributed by atoms with Crippen molar-refractivity contribution in [3.63, 3.8) is 0 Å². The number of carbonyl (C=O) groups is 3. The molecule has 0 aliphatic heterocycles. The van der Waals surface area contributed by atoms with Crippen molar-refractivity contribution < 1.29 is 32.3 Å². The van der Waals surface area contributed by atoms with E-state index in [4.69, 9.17) is 4.74 Å². The zero-order valence-corrected chi connectivity index (χ0v) is 13.8. The Balaban J connectivity index is 2.06. The molecule has 0 radical (unpaired) electrons. The zero-order valence-electron chi connectivity index (χ0n) is 13.8. The van der Waals surface area contributed by atoms with Crippen LogP contribution in [0.25, 0.3) is 0 Å². The number of esters is 1. The fraction of sp³-hybridized carbons (Fsp3) is 0.235. The van der Waals surface area contributed by atoms with Crippen LogP contribution >= 0.6 is 0 Å². The number of hydrogen-bond acceptors (Lipinski definition) is 4. The molecule has 6 nitrogen and oxygen atoms in total. The van der Waals surface area contributed by atoms with Crippen LogP contribution in [0.15, 0.2) is 36.5 Å². The molecule has 0 bridgehead atoms. The molecular weight excluding hydrogens is 353 g/mol. The third-order valence-electron chi connectivity index (χ3n) is 3.45. The number of amides is 1. The van der Waals surface area contributed by atoms with Gasteiger partial charge in [0.15, 0.2) is 11.9 Å². The Morgan fingerprint density at radius 3 is 2.42 bits per heavy atom. The maximum atomic E-state index is 12.9. The largest absolute Gasteiger partial charge is 0.448 e. The lowest BCUT2D eigenvalue weighted by Gasteiger charge is -2.16. The average molecular weight is 368 g/mol. The minimum Gasteiger partial charge on any atom is -0.448 e. The van der Waals surface area contributed by atoms with E-state index in [9.17, 15) is 27.6 Å². The van der Waals surface area contributed by atoms with Gasteiger partial charge in [0.25, 0.3) is 5.91 Å². The Hall–Kier alpha value is -3.10. The Morgan fingerprint density at radius 2 is 1.85 bits per heavy atom. The summed E-state index contributed by atoms with van der Waals surface area (Å²) in [7, 11) is 0. The average Bonchev–Trinajstić information content (AvgIpc) is 3.04. The summed E-state index contributed by atoms with van der Waals surface area (Å²) < 4.78 is 43.7. The van der Waals surface area contributed by atoms with E-state index in [2.05, 4.69) is 10.3 Å². The van der Waals surface area contributed by atoms with E-state index in [1.807, 2.05) is 0 Å². The number of aromatic nitrogens is 1. The van der Waals surface area contributed by atoms with Gasteiger partial charge in [-0.05, 0) is 32.0 Å². The number of carbonyl (C=O) groups excluding carboxylic acids is 3. The van der Waals surface area contributed by atoms with E-state index in [0.29, 0.717) is 0 Å². The van der Waals surface area contributed by atoms with Crippen LogP contribution in [0.4, 0.5) is 18.9 Å². The summed E-state index contributed by atoms with van der Waals surface area (Å²) in [5.74, 6) is -2.10. The summed E-state index contributed by atoms with van der Waals surface area (Å²) in [4.78, 5) is 37.7. The second-order valence-corrected chi connectivity index (χ2v) is 5.44. The van der Waals surface area contributed by atoms with Gasteiger partial charge in [0.2, 0.25) is 0 Å². The number of anilines is 1. The second kappa shape index (κ2) is 7.42. The first-order valence-electron chi connectivity index (χ1n) is 7.47. The number of aromatic amines is 1. The van der Waals surface area contributed by atoms with E-state index in [1.165, 1.54) is 38.2 Å². The molecule has 2 rings (SSSR count). The van der Waals surface area contributed by atoms with Gasteiger partial charge in [0.05, 0.1) is 11.3 Å². The van der Waals surface area contributed by atoms with Crippen molar-refractivity contribution in [1.29, 1.82) is 0 Å². The third-order valence-corrected chi connectivity index (χ3v) is 3.45. The predicted molar refractivity (Wildman–Crippen MR) is 85.7 cm³/mol. The monoisotopic (exact) mass is 368 g/mol. The minimum absolute atomic E-state index is 0.0504. The minimum atomic E-state index is -4.64. The molecule has 0 fully saturated rings. The first kappa shape index (κ1) is 19.2. The molecule has 1 aromatic carbocycles. The molecule has 1 amide bonds. The van der Waals surface area contributed by atoms with Crippen molar-refractivity contribution in [3.8, 4) is 0 Å². The molecule has 9 heteroatoms. The molecule has 2 aromatic rings. The summed E-state index contributed by atoms with van der Waals surface area (Å²) in [5, 5.41) is 2.10. The zero-order chi connectivity index (χ0) is 19.5. The molecule has 0 spiro atoms. The number of H-pyrrole nitrogens is 1. The van der Waals surface area contributed by atoms with Crippen LogP contribution in [0.5, 0.6) is 0 Å². The van der Waals surface area contributed by atoms with Crippen molar-refractivity contribution in [1.82, 2.24) is 4.98 Å². The lowest BCUT2D eigenvalue weighted by Crippen LogP contribution is -2.30. The summed E-state index contributed by atoms with van der Waals surface area (Å²) in [5.41, 5.74) is -1.24. The SMILES string of the molecule is CC(=O)c1c[nH]c(C(=O)O[C@H](C)C(=O)Nc2ccccc2C(F)(F)F)c1. The molecule has 1 aromatic heterocycles. The maximum absolute atomic E-state index is 12.9. The standard InChI is InChI=1S/C17H15F3N2O4/c1-9(23)11-7-14(21-8-11)16(25)26-10(2)15(24)22-13-6-4-3-5-12(13)17(18,19)20/h3-8,10,21H,1-2H3,(H,22,24)/t10-/m1/s1. The van der Waals surface area contributed by atoms with Gasteiger partial charge in [-0.3, -0.25) is 9.59 Å². The van der Waals surface area contributed by atoms with Crippen molar-refractivity contribution in [2.24, 2.45) is 0 Å². The van der Waals surface area contributed by atoms with Crippen molar-refractivity contribution >= 4 is 23.3 Å². The number of hydrogen-bond donors (Lipinski definition) is 2. The normalized spacial score (nSPS) is 12.3. The van der Waals surface area contributed by atoms with Crippen molar-refractivity contribution in [2.75, 3.05) is 5.32 Å². The van der Waals surface area contributed by atoms with Crippen LogP contribution < -0.4 is 5.32 Å². The summed E-state index contributed by atoms with van der Waals surface area (Å²) in [6, 6.07) is 5.71. The quantitative estimate of drug-likeness (QED) is 0.625. The Bertz CT molecular complexity index is 843. The van der Waals surface area contributed by atoms with Gasteiger partial charge >= 0.3 is 12.1 Å². The highest BCUT2D eigenvalue weighted by molar-refractivity contribution is 5.99. The third kappa shape index (κ3) is 4.50.